The molecule has 590 valence electrons. The lowest BCUT2D eigenvalue weighted by molar-refractivity contribution is -0.219. The fourth-order valence-electron chi connectivity index (χ4n) is 17.4. The van der Waals surface area contributed by atoms with Crippen LogP contribution in [0.25, 0.3) is 0 Å². The molecule has 1 spiro atoms. The number of likely N-dealkylation sites (N-methyl/N-ethyl adjacent to an activating group) is 8. The Morgan fingerprint density at radius 3 is 1.84 bits per heavy atom. The highest BCUT2D eigenvalue weighted by Crippen LogP contribution is 2.46. The number of ether oxygens (including phenoxy) is 1. The quantitative estimate of drug-likeness (QED) is 0.180. The number of amides is 12. The molecular weight excluding hydrogens is 1370 g/mol. The molecule has 2 saturated heterocycles. The molecule has 25 nitrogen and oxygen atoms in total. The van der Waals surface area contributed by atoms with E-state index in [1.807, 2.05) is 13.0 Å². The summed E-state index contributed by atoms with van der Waals surface area (Å²) in [5.41, 5.74) is -1.60. The molecular formula is C75H117F5N12O13. The number of carbonyl (C=O) groups excluding carboxylic acids is 12. The van der Waals surface area contributed by atoms with Gasteiger partial charge < -0.3 is 64.4 Å². The number of carbonyl (C=O) groups is 12. The van der Waals surface area contributed by atoms with Gasteiger partial charge in [-0.3, -0.25) is 57.5 Å². The number of alkyl halides is 5. The van der Waals surface area contributed by atoms with Crippen LogP contribution in [0, 0.1) is 41.4 Å². The van der Waals surface area contributed by atoms with E-state index in [-0.39, 0.29) is 76.5 Å². The van der Waals surface area contributed by atoms with Crippen molar-refractivity contribution in [3.63, 3.8) is 0 Å². The molecule has 12 amide bonds. The van der Waals surface area contributed by atoms with Crippen molar-refractivity contribution in [3.8, 4) is 0 Å². The van der Waals surface area contributed by atoms with Gasteiger partial charge in [-0.05, 0) is 132 Å². The zero-order valence-corrected chi connectivity index (χ0v) is 64.0. The van der Waals surface area contributed by atoms with Crippen molar-refractivity contribution in [3.05, 3.63) is 12.2 Å². The minimum absolute atomic E-state index is 0.0197. The second-order valence-corrected chi connectivity index (χ2v) is 32.0. The van der Waals surface area contributed by atoms with Gasteiger partial charge in [0.1, 0.15) is 72.1 Å². The van der Waals surface area contributed by atoms with Gasteiger partial charge in [0.05, 0.1) is 25.6 Å². The lowest BCUT2D eigenvalue weighted by Crippen LogP contribution is -2.68. The van der Waals surface area contributed by atoms with Crippen molar-refractivity contribution >= 4 is 70.9 Å². The van der Waals surface area contributed by atoms with Crippen LogP contribution in [-0.2, 0) is 62.3 Å². The van der Waals surface area contributed by atoms with Gasteiger partial charge in [0.15, 0.2) is 0 Å². The molecule has 0 aromatic rings. The second kappa shape index (κ2) is 35.8. The van der Waals surface area contributed by atoms with Gasteiger partial charge >= 0.3 is 6.18 Å². The first-order valence-electron chi connectivity index (χ1n) is 38.3. The summed E-state index contributed by atoms with van der Waals surface area (Å²) in [6.07, 6.45) is -1.96. The van der Waals surface area contributed by atoms with Crippen LogP contribution in [0.2, 0.25) is 0 Å². The molecule has 5 aliphatic carbocycles. The molecule has 0 radical (unpaired) electrons. The van der Waals surface area contributed by atoms with Crippen molar-refractivity contribution in [1.82, 2.24) is 59.6 Å². The number of fused-ring (bicyclic) bond motifs is 3. The monoisotopic (exact) mass is 1490 g/mol. The van der Waals surface area contributed by atoms with Crippen LogP contribution >= 0.6 is 0 Å². The van der Waals surface area contributed by atoms with E-state index in [0.29, 0.717) is 63.7 Å². The number of halogens is 5. The minimum atomic E-state index is -5.17. The Labute approximate surface area is 616 Å². The molecule has 3 heterocycles. The number of nitrogens with zero attached hydrogens (tertiary/aromatic N) is 10. The topological polar surface area (TPSA) is 271 Å². The summed E-state index contributed by atoms with van der Waals surface area (Å²) < 4.78 is 79.0. The SMILES string of the molecule is CCO[C@@H]1C[C@H]2C(=O)N(C)C3(CCC3)C(=O)N(C)[C@@H](C3CCCC3)C(=O)N(C)[C@H](C(=O)N(C)C)CC(=O)N(C)[C@@H](C3CC3)C(=O)N[C@@H]([C@@H](C)CC)C(=O)N(C)CC(=O)N(C)[C@H]3C/C=C\CCN(C3=O)[C@@H](CC3CCC(C)CC3)C(=O)N(C)CC(=O)N[C@@H](CCC3CC(F)C(C(F)(F)F)C(F)C3)C(=O)N2C1. The summed E-state index contributed by atoms with van der Waals surface area (Å²) in [5, 5.41) is 5.66. The molecule has 30 heteroatoms. The Morgan fingerprint density at radius 1 is 0.648 bits per heavy atom. The van der Waals surface area contributed by atoms with E-state index in [1.54, 1.807) is 19.9 Å². The Balaban J connectivity index is 1.20. The van der Waals surface area contributed by atoms with E-state index in [2.05, 4.69) is 17.6 Å². The van der Waals surface area contributed by atoms with Gasteiger partial charge in [-0.2, -0.15) is 13.2 Å². The highest BCUT2D eigenvalue weighted by atomic mass is 19.4. The second-order valence-electron chi connectivity index (χ2n) is 32.0. The maximum absolute atomic E-state index is 15.7. The van der Waals surface area contributed by atoms with E-state index >= 15 is 37.5 Å². The Morgan fingerprint density at radius 2 is 1.27 bits per heavy atom. The van der Waals surface area contributed by atoms with Crippen LogP contribution in [0.5, 0.6) is 0 Å². The van der Waals surface area contributed by atoms with E-state index in [4.69, 9.17) is 4.74 Å². The summed E-state index contributed by atoms with van der Waals surface area (Å²) in [6.45, 7) is 6.11. The Kier molecular flexibility index (Phi) is 28.5. The van der Waals surface area contributed by atoms with E-state index in [0.717, 1.165) is 30.6 Å². The maximum Gasteiger partial charge on any atom is 0.397 e. The van der Waals surface area contributed by atoms with Gasteiger partial charge in [-0.15, -0.1) is 0 Å². The molecule has 0 aromatic carbocycles. The third kappa shape index (κ3) is 19.3. The van der Waals surface area contributed by atoms with E-state index in [1.165, 1.54) is 108 Å². The summed E-state index contributed by atoms with van der Waals surface area (Å²) in [4.78, 5) is 194. The molecule has 12 atom stereocenters. The Bertz CT molecular complexity index is 3170. The van der Waals surface area contributed by atoms with Crippen molar-refractivity contribution in [1.29, 1.82) is 0 Å². The van der Waals surface area contributed by atoms with Crippen LogP contribution in [0.1, 0.15) is 175 Å². The van der Waals surface area contributed by atoms with Crippen molar-refractivity contribution in [2.75, 3.05) is 96.2 Å². The third-order valence-corrected chi connectivity index (χ3v) is 24.6. The molecule has 8 aliphatic rings. The summed E-state index contributed by atoms with van der Waals surface area (Å²) in [5.74, 6) is -13.0. The standard InChI is InChI=1S/C75H117F5N12O13/c1-14-45(4)62-71(102)85(8)43-60(95)86(9)54-24-17-16-20-35-91(70(54)101)56(38-46-27-25-44(3)26-28-46)68(99)84(7)42-58(93)81-53(32-29-47-36-51(76)61(52(77)37-47)75(78,79)80)66(97)92-41-50(105-15-2)39-57(92)69(100)90(13)74(33-21-34-74)73(104)89(12)64(48-22-18-19-23-48)72(103)87(10)55(67(98)83(5)6)40-59(94)88(11)63(49-30-31-49)65(96)82-62/h16-17,44-57,61-64H,14-15,18-43H2,1-13H3,(H,81,93)(H,82,96)/b17-16-/t44?,45-,46?,47?,50+,51?,52?,53-,54-,55-,56-,57-,61?,62-,63-,64-/m0/s1. The van der Waals surface area contributed by atoms with E-state index < -0.39 is 205 Å². The number of hydrogen-bond donors (Lipinski definition) is 2. The van der Waals surface area contributed by atoms with Crippen LogP contribution in [-0.4, -0.2) is 295 Å². The summed E-state index contributed by atoms with van der Waals surface area (Å²) >= 11 is 0. The average molecular weight is 1490 g/mol. The van der Waals surface area contributed by atoms with Crippen LogP contribution < -0.4 is 10.6 Å². The smallest absolute Gasteiger partial charge is 0.377 e. The molecule has 7 fully saturated rings. The Hall–Kier alpha value is -7.01. The lowest BCUT2D eigenvalue weighted by Gasteiger charge is -2.51. The zero-order valence-electron chi connectivity index (χ0n) is 64.0. The van der Waals surface area contributed by atoms with Crippen molar-refractivity contribution in [2.24, 2.45) is 41.4 Å². The van der Waals surface area contributed by atoms with Gasteiger partial charge in [0, 0.05) is 89.5 Å². The predicted octanol–water partition coefficient (Wildman–Crippen LogP) is 5.51. The van der Waals surface area contributed by atoms with Crippen molar-refractivity contribution < 1.29 is 84.2 Å². The van der Waals surface area contributed by atoms with Gasteiger partial charge in [-0.25, -0.2) is 8.78 Å². The lowest BCUT2D eigenvalue weighted by atomic mass is 9.73. The van der Waals surface area contributed by atoms with Gasteiger partial charge in [-0.1, -0.05) is 77.9 Å². The van der Waals surface area contributed by atoms with Crippen LogP contribution in [0.4, 0.5) is 22.0 Å². The predicted molar refractivity (Wildman–Crippen MR) is 379 cm³/mol. The minimum Gasteiger partial charge on any atom is -0.377 e. The van der Waals surface area contributed by atoms with E-state index in [9.17, 15) is 41.9 Å². The molecule has 2 bridgehead atoms. The molecule has 8 rings (SSSR count). The highest BCUT2D eigenvalue weighted by molar-refractivity contribution is 6.01. The first kappa shape index (κ1) is 83.6. The third-order valence-electron chi connectivity index (χ3n) is 24.6. The normalized spacial score (nSPS) is 33.1. The zero-order chi connectivity index (χ0) is 77.4. The fraction of sp³-hybridized carbons (Fsp3) is 0.813. The average Bonchev–Trinajstić information content (AvgIpc) is 1.61. The van der Waals surface area contributed by atoms with Crippen LogP contribution in [0.3, 0.4) is 0 Å². The van der Waals surface area contributed by atoms with Gasteiger partial charge in [0.2, 0.25) is 70.9 Å². The van der Waals surface area contributed by atoms with Gasteiger partial charge in [0.25, 0.3) is 0 Å². The maximum atomic E-state index is 15.7. The number of nitrogens with one attached hydrogen (secondary N) is 2. The molecule has 3 aliphatic heterocycles. The molecule has 5 saturated carbocycles. The van der Waals surface area contributed by atoms with Crippen LogP contribution in [0.15, 0.2) is 12.2 Å². The fourth-order valence-corrected chi connectivity index (χ4v) is 17.4. The molecule has 0 aromatic heterocycles. The number of hydrogen-bond acceptors (Lipinski definition) is 13. The number of rotatable bonds is 12. The molecule has 2 N–H and O–H groups in total. The largest absolute Gasteiger partial charge is 0.397 e. The first-order chi connectivity index (χ1) is 49.5. The first-order valence-corrected chi connectivity index (χ1v) is 38.3. The van der Waals surface area contributed by atoms with Crippen molar-refractivity contribution in [2.45, 2.75) is 254 Å². The molecule has 2 unspecified atom stereocenters. The molecule has 105 heavy (non-hydrogen) atoms. The highest BCUT2D eigenvalue weighted by Gasteiger charge is 2.58. The summed E-state index contributed by atoms with van der Waals surface area (Å²) in [7, 11) is 12.8. The summed E-state index contributed by atoms with van der Waals surface area (Å²) in [6, 6.07) is -10.4.